The van der Waals surface area contributed by atoms with Crippen LogP contribution in [0.1, 0.15) is 16.7 Å². The van der Waals surface area contributed by atoms with Crippen molar-refractivity contribution in [3.05, 3.63) is 59.2 Å². The first-order valence-corrected chi connectivity index (χ1v) is 8.51. The molecule has 0 aliphatic heterocycles. The molecule has 30 heavy (non-hydrogen) atoms. The van der Waals surface area contributed by atoms with E-state index >= 15 is 0 Å². The summed E-state index contributed by atoms with van der Waals surface area (Å²) in [5.41, 5.74) is 12.5. The summed E-state index contributed by atoms with van der Waals surface area (Å²) in [7, 11) is 0. The van der Waals surface area contributed by atoms with Crippen molar-refractivity contribution in [3.63, 3.8) is 0 Å². The van der Waals surface area contributed by atoms with Gasteiger partial charge in [0.15, 0.2) is 11.5 Å². The van der Waals surface area contributed by atoms with Gasteiger partial charge in [0.2, 0.25) is 0 Å². The normalized spacial score (nSPS) is 9.77. The van der Waals surface area contributed by atoms with Gasteiger partial charge in [-0.05, 0) is 30.3 Å². The Bertz CT molecular complexity index is 1180. The Hall–Kier alpha value is -4.86. The molecule has 0 aliphatic carbocycles. The van der Waals surface area contributed by atoms with Gasteiger partial charge in [0, 0.05) is 12.1 Å². The number of hydrogen-bond donors (Lipinski definition) is 4. The van der Waals surface area contributed by atoms with Crippen LogP contribution >= 0.6 is 0 Å². The molecule has 0 saturated heterocycles. The third-order valence-electron chi connectivity index (χ3n) is 4.13. The number of anilines is 2. The molecular weight excluding hydrogens is 380 g/mol. The first-order valence-electron chi connectivity index (χ1n) is 8.51. The average molecular weight is 396 g/mol. The molecule has 0 aromatic heterocycles. The number of hydrogen-bond acceptors (Lipinski definition) is 6. The Labute approximate surface area is 173 Å². The van der Waals surface area contributed by atoms with Crippen LogP contribution in [0.4, 0.5) is 11.4 Å². The van der Waals surface area contributed by atoms with E-state index in [1.807, 2.05) is 0 Å². The maximum Gasteiger partial charge on any atom is 0.162 e. The molecule has 0 radical (unpaired) electrons. The fourth-order valence-corrected chi connectivity index (χ4v) is 2.63. The van der Waals surface area contributed by atoms with Crippen LogP contribution in [0, 0.1) is 37.0 Å². The van der Waals surface area contributed by atoms with Crippen molar-refractivity contribution < 1.29 is 19.7 Å². The van der Waals surface area contributed by atoms with E-state index in [0.29, 0.717) is 22.6 Å². The highest BCUT2D eigenvalue weighted by atomic mass is 16.5. The van der Waals surface area contributed by atoms with E-state index in [9.17, 15) is 10.2 Å². The number of terminal acetylenes is 3. The van der Waals surface area contributed by atoms with Gasteiger partial charge in [0.25, 0.3) is 0 Å². The Kier molecular flexibility index (Phi) is 5.32. The van der Waals surface area contributed by atoms with Crippen LogP contribution in [0.25, 0.3) is 0 Å². The number of rotatable bonds is 4. The zero-order valence-electron chi connectivity index (χ0n) is 15.6. The highest BCUT2D eigenvalue weighted by Crippen LogP contribution is 2.41. The van der Waals surface area contributed by atoms with Gasteiger partial charge < -0.3 is 31.2 Å². The molecule has 6 heteroatoms. The lowest BCUT2D eigenvalue weighted by Gasteiger charge is -2.17. The quantitative estimate of drug-likeness (QED) is 0.303. The lowest BCUT2D eigenvalue weighted by molar-refractivity contribution is 0.450. The molecule has 6 N–H and O–H groups in total. The van der Waals surface area contributed by atoms with Gasteiger partial charge >= 0.3 is 0 Å². The number of phenolic OH excluding ortho intramolecular Hbond substituents is 2. The molecular formula is C24H16N2O4. The summed E-state index contributed by atoms with van der Waals surface area (Å²) in [4.78, 5) is 0. The van der Waals surface area contributed by atoms with E-state index in [2.05, 4.69) is 17.8 Å². The van der Waals surface area contributed by atoms with E-state index in [1.165, 1.54) is 42.5 Å². The molecule has 0 atom stereocenters. The number of ether oxygens (including phenoxy) is 2. The predicted molar refractivity (Wildman–Crippen MR) is 115 cm³/mol. The molecule has 146 valence electrons. The fraction of sp³-hybridized carbons (Fsp3) is 0. The lowest BCUT2D eigenvalue weighted by atomic mass is 10.0. The zero-order valence-corrected chi connectivity index (χ0v) is 15.6. The van der Waals surface area contributed by atoms with E-state index < -0.39 is 0 Å². The number of benzene rings is 3. The van der Waals surface area contributed by atoms with Gasteiger partial charge in [-0.15, -0.1) is 19.3 Å². The van der Waals surface area contributed by atoms with Crippen LogP contribution in [-0.2, 0) is 0 Å². The second-order valence-corrected chi connectivity index (χ2v) is 6.08. The number of phenols is 2. The van der Waals surface area contributed by atoms with E-state index in [4.69, 9.17) is 40.2 Å². The zero-order chi connectivity index (χ0) is 21.8. The number of nitrogen functional groups attached to an aromatic ring is 2. The maximum absolute atomic E-state index is 9.61. The Morgan fingerprint density at radius 1 is 0.667 bits per heavy atom. The van der Waals surface area contributed by atoms with Gasteiger partial charge in [-0.25, -0.2) is 0 Å². The Morgan fingerprint density at radius 3 is 1.43 bits per heavy atom. The Morgan fingerprint density at radius 2 is 1.10 bits per heavy atom. The van der Waals surface area contributed by atoms with Gasteiger partial charge in [-0.2, -0.15) is 0 Å². The van der Waals surface area contributed by atoms with Crippen molar-refractivity contribution in [1.29, 1.82) is 0 Å². The summed E-state index contributed by atoms with van der Waals surface area (Å²) in [6, 6.07) is 10.1. The maximum atomic E-state index is 9.61. The molecule has 0 saturated carbocycles. The summed E-state index contributed by atoms with van der Waals surface area (Å²) < 4.78 is 11.8. The van der Waals surface area contributed by atoms with Crippen LogP contribution in [0.5, 0.6) is 34.5 Å². The number of nitrogens with two attached hydrogens (primary N) is 2. The minimum Gasteiger partial charge on any atom is -0.506 e. The minimum absolute atomic E-state index is 0.0895. The fourth-order valence-electron chi connectivity index (χ4n) is 2.63. The van der Waals surface area contributed by atoms with Gasteiger partial charge in [-0.1, -0.05) is 17.8 Å². The third-order valence-corrected chi connectivity index (χ3v) is 4.13. The van der Waals surface area contributed by atoms with Crippen LogP contribution < -0.4 is 20.9 Å². The molecule has 6 nitrogen and oxygen atoms in total. The van der Waals surface area contributed by atoms with Crippen molar-refractivity contribution in [1.82, 2.24) is 0 Å². The average Bonchev–Trinajstić information content (AvgIpc) is 2.73. The SMILES string of the molecule is C#Cc1cc(C#C)c(Oc2ccc(O)c(N)c2)c(C#C)c1Oc1ccc(O)c(N)c1. The summed E-state index contributed by atoms with van der Waals surface area (Å²) in [5.74, 6) is 8.22. The molecule has 0 amide bonds. The van der Waals surface area contributed by atoms with Crippen molar-refractivity contribution in [3.8, 4) is 71.5 Å². The largest absolute Gasteiger partial charge is 0.506 e. The second-order valence-electron chi connectivity index (χ2n) is 6.08. The standard InChI is InChI=1S/C24H16N2O4/c1-4-14-11-15(5-2)24(30-17-8-10-22(28)20(26)13-17)18(6-3)23(14)29-16-7-9-21(27)19(25)12-16/h1-3,7-13,27-28H,25-26H2. The lowest BCUT2D eigenvalue weighted by Crippen LogP contribution is -2.00. The van der Waals surface area contributed by atoms with Crippen molar-refractivity contribution in [2.45, 2.75) is 0 Å². The molecule has 0 unspecified atom stereocenters. The van der Waals surface area contributed by atoms with Crippen molar-refractivity contribution in [2.75, 3.05) is 11.5 Å². The van der Waals surface area contributed by atoms with Crippen LogP contribution in [0.2, 0.25) is 0 Å². The van der Waals surface area contributed by atoms with E-state index in [-0.39, 0.29) is 39.9 Å². The van der Waals surface area contributed by atoms with Gasteiger partial charge in [0.05, 0.1) is 22.5 Å². The Balaban J connectivity index is 2.16. The molecule has 0 fully saturated rings. The summed E-state index contributed by atoms with van der Waals surface area (Å²) >= 11 is 0. The summed E-state index contributed by atoms with van der Waals surface area (Å²) in [6.07, 6.45) is 17.0. The van der Waals surface area contributed by atoms with Crippen molar-refractivity contribution >= 4 is 11.4 Å². The van der Waals surface area contributed by atoms with Crippen LogP contribution in [-0.4, -0.2) is 10.2 Å². The topological polar surface area (TPSA) is 111 Å². The molecule has 0 bridgehead atoms. The first-order chi connectivity index (χ1) is 14.4. The van der Waals surface area contributed by atoms with Gasteiger partial charge in [0.1, 0.15) is 28.6 Å². The molecule has 3 aromatic rings. The molecule has 3 rings (SSSR count). The van der Waals surface area contributed by atoms with E-state index in [1.54, 1.807) is 0 Å². The smallest absolute Gasteiger partial charge is 0.162 e. The first kappa shape index (κ1) is 19.9. The summed E-state index contributed by atoms with van der Waals surface area (Å²) in [6.45, 7) is 0. The van der Waals surface area contributed by atoms with Crippen LogP contribution in [0.15, 0.2) is 42.5 Å². The molecule has 0 aliphatic rings. The van der Waals surface area contributed by atoms with Crippen molar-refractivity contribution in [2.24, 2.45) is 0 Å². The third kappa shape index (κ3) is 3.73. The summed E-state index contributed by atoms with van der Waals surface area (Å²) in [5, 5.41) is 19.2. The second kappa shape index (κ2) is 8.02. The highest BCUT2D eigenvalue weighted by molar-refractivity contribution is 5.70. The monoisotopic (exact) mass is 396 g/mol. The predicted octanol–water partition coefficient (Wildman–Crippen LogP) is 3.79. The highest BCUT2D eigenvalue weighted by Gasteiger charge is 2.20. The van der Waals surface area contributed by atoms with Gasteiger partial charge in [-0.3, -0.25) is 0 Å². The molecule has 0 spiro atoms. The molecule has 0 heterocycles. The van der Waals surface area contributed by atoms with E-state index in [0.717, 1.165) is 0 Å². The minimum atomic E-state index is -0.0895. The molecule has 3 aromatic carbocycles. The number of aromatic hydroxyl groups is 2. The van der Waals surface area contributed by atoms with Crippen LogP contribution in [0.3, 0.4) is 0 Å².